The summed E-state index contributed by atoms with van der Waals surface area (Å²) in [6, 6.07) is 10.4. The molecule has 1 aliphatic rings. The third-order valence-electron chi connectivity index (χ3n) is 3.57. The lowest BCUT2D eigenvalue weighted by Gasteiger charge is -2.07. The second-order valence-electron chi connectivity index (χ2n) is 6.09. The maximum absolute atomic E-state index is 12.2. The molecule has 0 radical (unpaired) electrons. The molecular formula is C20H25FN2O5. The monoisotopic (exact) mass is 392 g/mol. The standard InChI is InChI=1S/C11H15NO3.C6H3FO.C3H7NO/c1-8(13)7-12-4-5-14-11-6-9-2-3-10(11)15-9;7-4-2-1-3-5-6(4)8-5;1-3(5)4-2/h2-3,6,8,12-13H,4-5,7H2,1H3;1-3H;1-2H3,(H,4,5). The molecule has 1 atom stereocenters. The van der Waals surface area contributed by atoms with Gasteiger partial charge in [-0.1, -0.05) is 6.07 Å². The molecule has 8 heteroatoms. The van der Waals surface area contributed by atoms with E-state index < -0.39 is 0 Å². The van der Waals surface area contributed by atoms with Crippen LogP contribution in [-0.4, -0.2) is 43.9 Å². The second-order valence-corrected chi connectivity index (χ2v) is 6.09. The van der Waals surface area contributed by atoms with Crippen LogP contribution in [-0.2, 0) is 4.79 Å². The lowest BCUT2D eigenvalue weighted by atomic mass is 10.3. The minimum Gasteiger partial charge on any atom is -0.488 e. The van der Waals surface area contributed by atoms with Crippen molar-refractivity contribution in [1.29, 1.82) is 0 Å². The Labute approximate surface area is 162 Å². The molecule has 3 heterocycles. The van der Waals surface area contributed by atoms with E-state index in [-0.39, 0.29) is 17.8 Å². The number of aliphatic hydroxyl groups is 1. The minimum absolute atomic E-state index is 0.00463. The van der Waals surface area contributed by atoms with Gasteiger partial charge in [0, 0.05) is 33.1 Å². The SMILES string of the molecule is CC(O)CNCCOc1cc2ccc1o2.CNC(C)=O.Fc1cccc2c1O2. The number of carbonyl (C=O) groups excluding carboxylic acids is 1. The van der Waals surface area contributed by atoms with Crippen LogP contribution in [0.4, 0.5) is 4.39 Å². The van der Waals surface area contributed by atoms with Gasteiger partial charge in [0.1, 0.15) is 12.2 Å². The Morgan fingerprint density at radius 3 is 2.57 bits per heavy atom. The molecule has 1 aromatic carbocycles. The average Bonchev–Trinajstić information content (AvgIpc) is 3.18. The molecule has 0 fully saturated rings. The largest absolute Gasteiger partial charge is 0.488 e. The van der Waals surface area contributed by atoms with Gasteiger partial charge in [-0.2, -0.15) is 0 Å². The van der Waals surface area contributed by atoms with E-state index in [4.69, 9.17) is 19.0 Å². The predicted octanol–water partition coefficient (Wildman–Crippen LogP) is 2.90. The minimum atomic E-state index is -0.317. The number of hydrogen-bond donors (Lipinski definition) is 3. The number of para-hydroxylation sites is 1. The van der Waals surface area contributed by atoms with Gasteiger partial charge in [0.25, 0.3) is 0 Å². The van der Waals surface area contributed by atoms with Gasteiger partial charge in [0.15, 0.2) is 22.9 Å². The van der Waals surface area contributed by atoms with E-state index in [2.05, 4.69) is 10.6 Å². The third kappa shape index (κ3) is 7.05. The fraction of sp³-hybridized carbons (Fsp3) is 0.350. The molecule has 1 amide bonds. The number of carbonyl (C=O) groups is 1. The van der Waals surface area contributed by atoms with E-state index in [9.17, 15) is 9.18 Å². The predicted molar refractivity (Wildman–Crippen MR) is 104 cm³/mol. The van der Waals surface area contributed by atoms with Crippen molar-refractivity contribution in [3.8, 4) is 17.2 Å². The van der Waals surface area contributed by atoms with Crippen LogP contribution in [0.5, 0.6) is 17.2 Å². The Morgan fingerprint density at radius 2 is 2.07 bits per heavy atom. The summed E-state index contributed by atoms with van der Waals surface area (Å²) in [5.41, 5.74) is 1.64. The molecule has 0 spiro atoms. The molecule has 3 aromatic rings. The number of halogens is 1. The zero-order chi connectivity index (χ0) is 20.5. The van der Waals surface area contributed by atoms with Crippen LogP contribution in [0, 0.1) is 5.82 Å². The maximum Gasteiger partial charge on any atom is 0.216 e. The number of furan rings is 2. The molecule has 7 nitrogen and oxygen atoms in total. The number of ether oxygens (including phenoxy) is 2. The summed E-state index contributed by atoms with van der Waals surface area (Å²) in [5, 5.41) is 14.5. The van der Waals surface area contributed by atoms with Gasteiger partial charge in [0.2, 0.25) is 11.7 Å². The highest BCUT2D eigenvalue weighted by atomic mass is 19.1. The molecule has 0 aliphatic carbocycles. The number of nitrogens with one attached hydrogen (secondary N) is 2. The molecule has 2 bridgehead atoms. The van der Waals surface area contributed by atoms with Crippen molar-refractivity contribution in [2.75, 3.05) is 26.7 Å². The number of amides is 1. The highest BCUT2D eigenvalue weighted by molar-refractivity contribution is 5.72. The second kappa shape index (κ2) is 10.5. The summed E-state index contributed by atoms with van der Waals surface area (Å²) < 4.78 is 27.8. The average molecular weight is 392 g/mol. The van der Waals surface area contributed by atoms with Crippen LogP contribution in [0.2, 0.25) is 0 Å². The molecule has 0 saturated carbocycles. The van der Waals surface area contributed by atoms with Gasteiger partial charge in [-0.15, -0.1) is 0 Å². The van der Waals surface area contributed by atoms with Crippen molar-refractivity contribution in [1.82, 2.24) is 10.6 Å². The fourth-order valence-corrected chi connectivity index (χ4v) is 2.08. The molecule has 2 aromatic heterocycles. The van der Waals surface area contributed by atoms with Gasteiger partial charge in [0.05, 0.1) is 6.10 Å². The van der Waals surface area contributed by atoms with E-state index in [1.54, 1.807) is 26.1 Å². The van der Waals surface area contributed by atoms with Crippen LogP contribution < -0.4 is 20.1 Å². The summed E-state index contributed by atoms with van der Waals surface area (Å²) in [6.45, 7) is 5.10. The summed E-state index contributed by atoms with van der Waals surface area (Å²) in [5.74, 6) is 1.62. The Kier molecular flexibility index (Phi) is 8.03. The van der Waals surface area contributed by atoms with Crippen molar-refractivity contribution in [3.63, 3.8) is 0 Å². The smallest absolute Gasteiger partial charge is 0.216 e. The number of rotatable bonds is 6. The summed E-state index contributed by atoms with van der Waals surface area (Å²) in [4.78, 5) is 9.70. The van der Waals surface area contributed by atoms with Crippen molar-refractivity contribution >= 4 is 17.1 Å². The fourth-order valence-electron chi connectivity index (χ4n) is 2.08. The van der Waals surface area contributed by atoms with Crippen LogP contribution in [0.1, 0.15) is 13.8 Å². The molecule has 1 aliphatic heterocycles. The van der Waals surface area contributed by atoms with Gasteiger partial charge in [-0.05, 0) is 31.2 Å². The Balaban J connectivity index is 0.000000179. The van der Waals surface area contributed by atoms with Crippen LogP contribution >= 0.6 is 0 Å². The van der Waals surface area contributed by atoms with Crippen molar-refractivity contribution in [3.05, 3.63) is 42.2 Å². The Hall–Kier alpha value is -2.84. The molecule has 0 saturated heterocycles. The van der Waals surface area contributed by atoms with Crippen molar-refractivity contribution in [2.45, 2.75) is 20.0 Å². The van der Waals surface area contributed by atoms with E-state index >= 15 is 0 Å². The number of fused-ring (bicyclic) bond motifs is 3. The molecule has 152 valence electrons. The quantitative estimate of drug-likeness (QED) is 0.345. The van der Waals surface area contributed by atoms with Crippen LogP contribution in [0.25, 0.3) is 11.2 Å². The molecule has 4 rings (SSSR count). The first-order chi connectivity index (χ1) is 13.4. The first kappa shape index (κ1) is 21.5. The lowest BCUT2D eigenvalue weighted by Crippen LogP contribution is -2.28. The number of hydrogen-bond acceptors (Lipinski definition) is 6. The maximum atomic E-state index is 12.2. The zero-order valence-electron chi connectivity index (χ0n) is 16.1. The van der Waals surface area contributed by atoms with Crippen LogP contribution in [0.3, 0.4) is 0 Å². The molecule has 1 unspecified atom stereocenters. The van der Waals surface area contributed by atoms with Crippen molar-refractivity contribution in [2.24, 2.45) is 0 Å². The normalized spacial score (nSPS) is 11.9. The van der Waals surface area contributed by atoms with Gasteiger partial charge in [-0.3, -0.25) is 4.79 Å². The number of aliphatic hydroxyl groups excluding tert-OH is 1. The highest BCUT2D eigenvalue weighted by Crippen LogP contribution is 2.46. The van der Waals surface area contributed by atoms with E-state index in [1.165, 1.54) is 13.0 Å². The first-order valence-corrected chi connectivity index (χ1v) is 8.89. The third-order valence-corrected chi connectivity index (χ3v) is 3.57. The van der Waals surface area contributed by atoms with Gasteiger partial charge in [-0.25, -0.2) is 4.39 Å². The van der Waals surface area contributed by atoms with Gasteiger partial charge < -0.3 is 29.6 Å². The summed E-state index contributed by atoms with van der Waals surface area (Å²) >= 11 is 0. The van der Waals surface area contributed by atoms with E-state index in [1.807, 2.05) is 18.2 Å². The summed E-state index contributed by atoms with van der Waals surface area (Å²) in [7, 11) is 1.60. The first-order valence-electron chi connectivity index (χ1n) is 8.89. The molecule has 3 N–H and O–H groups in total. The van der Waals surface area contributed by atoms with Crippen molar-refractivity contribution < 1.29 is 28.2 Å². The molecular weight excluding hydrogens is 367 g/mol. The Bertz CT molecular complexity index is 865. The Morgan fingerprint density at radius 1 is 1.32 bits per heavy atom. The van der Waals surface area contributed by atoms with E-state index in [0.29, 0.717) is 31.2 Å². The lowest BCUT2D eigenvalue weighted by molar-refractivity contribution is -0.118. The molecule has 28 heavy (non-hydrogen) atoms. The topological polar surface area (TPSA) is 96.3 Å². The van der Waals surface area contributed by atoms with Crippen LogP contribution in [0.15, 0.2) is 40.8 Å². The van der Waals surface area contributed by atoms with E-state index in [0.717, 1.165) is 16.9 Å². The highest BCUT2D eigenvalue weighted by Gasteiger charge is 2.23. The summed E-state index contributed by atoms with van der Waals surface area (Å²) in [6.07, 6.45) is -0.317. The number of benzene rings is 2. The zero-order valence-corrected chi connectivity index (χ0v) is 16.1. The van der Waals surface area contributed by atoms with Gasteiger partial charge >= 0.3 is 0 Å².